The molecule has 1 aromatic carbocycles. The van der Waals surface area contributed by atoms with Gasteiger partial charge in [-0.25, -0.2) is 0 Å². The lowest BCUT2D eigenvalue weighted by atomic mass is 10.1. The summed E-state index contributed by atoms with van der Waals surface area (Å²) in [6.45, 7) is 0.552. The molecule has 1 amide bonds. The van der Waals surface area contributed by atoms with Crippen LogP contribution in [0, 0.1) is 11.8 Å². The number of nitrogens with zero attached hydrogens (tertiary/aromatic N) is 2. The van der Waals surface area contributed by atoms with Crippen molar-refractivity contribution >= 4 is 17.6 Å². The molecule has 0 saturated heterocycles. The first-order valence-corrected chi connectivity index (χ1v) is 6.74. The van der Waals surface area contributed by atoms with Crippen LogP contribution in [-0.2, 0) is 16.1 Å². The molecular weight excluding hydrogens is 270 g/mol. The maximum atomic E-state index is 12.0. The number of nitrogens with one attached hydrogen (secondary N) is 1. The number of aromatic nitrogens is 2. The van der Waals surface area contributed by atoms with Gasteiger partial charge in [-0.1, -0.05) is 18.2 Å². The number of rotatable bonds is 5. The highest BCUT2D eigenvalue weighted by molar-refractivity contribution is 5.98. The minimum Gasteiger partial charge on any atom is -0.481 e. The Morgan fingerprint density at radius 3 is 2.76 bits per heavy atom. The van der Waals surface area contributed by atoms with E-state index in [0.717, 1.165) is 5.56 Å². The van der Waals surface area contributed by atoms with Gasteiger partial charge in [0.15, 0.2) is 0 Å². The number of hydrogen-bond acceptors (Lipinski definition) is 3. The Kier molecular flexibility index (Phi) is 3.43. The van der Waals surface area contributed by atoms with Crippen LogP contribution in [0.3, 0.4) is 0 Å². The minimum atomic E-state index is -0.903. The quantitative estimate of drug-likeness (QED) is 0.873. The second-order valence-electron chi connectivity index (χ2n) is 5.14. The molecule has 2 aromatic rings. The van der Waals surface area contributed by atoms with E-state index in [0.29, 0.717) is 18.7 Å². The van der Waals surface area contributed by atoms with Crippen LogP contribution in [0.4, 0.5) is 5.69 Å². The van der Waals surface area contributed by atoms with E-state index in [4.69, 9.17) is 5.11 Å². The van der Waals surface area contributed by atoms with Crippen molar-refractivity contribution < 1.29 is 14.7 Å². The van der Waals surface area contributed by atoms with Crippen molar-refractivity contribution in [2.45, 2.75) is 13.0 Å². The molecule has 3 rings (SSSR count). The monoisotopic (exact) mass is 285 g/mol. The van der Waals surface area contributed by atoms with Gasteiger partial charge < -0.3 is 10.4 Å². The van der Waals surface area contributed by atoms with Gasteiger partial charge in [-0.05, 0) is 24.1 Å². The number of benzene rings is 1. The van der Waals surface area contributed by atoms with E-state index in [1.165, 1.54) is 0 Å². The average molecular weight is 285 g/mol. The lowest BCUT2D eigenvalue weighted by Gasteiger charge is -2.11. The number of carboxylic acid groups (broad SMARTS) is 1. The lowest BCUT2D eigenvalue weighted by molar-refractivity contribution is -0.139. The molecule has 108 valence electrons. The summed E-state index contributed by atoms with van der Waals surface area (Å²) in [7, 11) is 0. The minimum absolute atomic E-state index is 0.227. The van der Waals surface area contributed by atoms with Crippen molar-refractivity contribution in [3.05, 3.63) is 48.3 Å². The van der Waals surface area contributed by atoms with E-state index >= 15 is 0 Å². The van der Waals surface area contributed by atoms with E-state index in [1.807, 2.05) is 36.5 Å². The highest BCUT2D eigenvalue weighted by atomic mass is 16.4. The van der Waals surface area contributed by atoms with Gasteiger partial charge in [-0.2, -0.15) is 5.10 Å². The number of amides is 1. The first kappa shape index (κ1) is 13.4. The number of carboxylic acids is 1. The Balaban J connectivity index is 1.71. The molecule has 1 aromatic heterocycles. The van der Waals surface area contributed by atoms with Crippen molar-refractivity contribution in [1.29, 1.82) is 0 Å². The zero-order valence-corrected chi connectivity index (χ0v) is 11.3. The van der Waals surface area contributed by atoms with Crippen LogP contribution in [-0.4, -0.2) is 26.8 Å². The van der Waals surface area contributed by atoms with Crippen LogP contribution in [0.25, 0.3) is 0 Å². The predicted molar refractivity (Wildman–Crippen MR) is 75.6 cm³/mol. The molecule has 1 aliphatic carbocycles. The lowest BCUT2D eigenvalue weighted by Crippen LogP contribution is -2.18. The number of carbonyl (C=O) groups excluding carboxylic acids is 1. The molecule has 2 atom stereocenters. The number of aliphatic carboxylic acids is 1. The molecular formula is C15H15N3O3. The van der Waals surface area contributed by atoms with Gasteiger partial charge >= 0.3 is 5.97 Å². The standard InChI is InChI=1S/C15H15N3O3/c19-14(11-8-12(11)15(20)21)17-13-5-2-1-4-10(13)9-18-7-3-6-16-18/h1-7,11-12H,8-9H2,(H,17,19)(H,20,21). The van der Waals surface area contributed by atoms with Crippen LogP contribution in [0.1, 0.15) is 12.0 Å². The fourth-order valence-corrected chi connectivity index (χ4v) is 2.33. The topological polar surface area (TPSA) is 84.2 Å². The molecule has 0 radical (unpaired) electrons. The smallest absolute Gasteiger partial charge is 0.307 e. The maximum absolute atomic E-state index is 12.0. The SMILES string of the molecule is O=C(O)C1CC1C(=O)Nc1ccccc1Cn1cccn1. The second-order valence-corrected chi connectivity index (χ2v) is 5.14. The molecule has 0 aliphatic heterocycles. The molecule has 2 unspecified atom stereocenters. The normalized spacial score (nSPS) is 20.0. The fourth-order valence-electron chi connectivity index (χ4n) is 2.33. The van der Waals surface area contributed by atoms with Gasteiger partial charge in [0.25, 0.3) is 0 Å². The first-order valence-electron chi connectivity index (χ1n) is 6.74. The number of para-hydroxylation sites is 1. The van der Waals surface area contributed by atoms with Crippen molar-refractivity contribution in [2.75, 3.05) is 5.32 Å². The van der Waals surface area contributed by atoms with Gasteiger partial charge in [-0.15, -0.1) is 0 Å². The van der Waals surface area contributed by atoms with Crippen LogP contribution < -0.4 is 5.32 Å². The summed E-state index contributed by atoms with van der Waals surface area (Å²) < 4.78 is 1.77. The zero-order chi connectivity index (χ0) is 14.8. The number of carbonyl (C=O) groups is 2. The summed E-state index contributed by atoms with van der Waals surface area (Å²) in [5.74, 6) is -2.08. The third-order valence-corrected chi connectivity index (χ3v) is 3.61. The summed E-state index contributed by atoms with van der Waals surface area (Å²) in [6.07, 6.45) is 3.96. The molecule has 2 N–H and O–H groups in total. The predicted octanol–water partition coefficient (Wildman–Crippen LogP) is 1.59. The van der Waals surface area contributed by atoms with Crippen molar-refractivity contribution in [1.82, 2.24) is 9.78 Å². The Labute approximate surface area is 121 Å². The maximum Gasteiger partial charge on any atom is 0.307 e. The molecule has 1 saturated carbocycles. The molecule has 0 bridgehead atoms. The summed E-state index contributed by atoms with van der Waals surface area (Å²) in [4.78, 5) is 22.9. The number of anilines is 1. The van der Waals surface area contributed by atoms with E-state index in [1.54, 1.807) is 10.9 Å². The molecule has 21 heavy (non-hydrogen) atoms. The second kappa shape index (κ2) is 5.40. The Hall–Kier alpha value is -2.63. The highest BCUT2D eigenvalue weighted by Gasteiger charge is 2.48. The van der Waals surface area contributed by atoms with E-state index in [9.17, 15) is 9.59 Å². The third-order valence-electron chi connectivity index (χ3n) is 3.61. The van der Waals surface area contributed by atoms with Crippen LogP contribution in [0.2, 0.25) is 0 Å². The largest absolute Gasteiger partial charge is 0.481 e. The molecule has 6 nitrogen and oxygen atoms in total. The van der Waals surface area contributed by atoms with Crippen LogP contribution in [0.15, 0.2) is 42.7 Å². The van der Waals surface area contributed by atoms with Gasteiger partial charge in [0, 0.05) is 18.1 Å². The van der Waals surface area contributed by atoms with E-state index < -0.39 is 17.8 Å². The Bertz CT molecular complexity index is 667. The van der Waals surface area contributed by atoms with E-state index in [-0.39, 0.29) is 5.91 Å². The molecule has 1 aliphatic rings. The average Bonchev–Trinajstić information content (AvgIpc) is 3.12. The van der Waals surface area contributed by atoms with Crippen molar-refractivity contribution in [3.8, 4) is 0 Å². The van der Waals surface area contributed by atoms with Gasteiger partial charge in [0.05, 0.1) is 18.4 Å². The summed E-state index contributed by atoms with van der Waals surface area (Å²) >= 11 is 0. The van der Waals surface area contributed by atoms with Crippen molar-refractivity contribution in [3.63, 3.8) is 0 Å². The summed E-state index contributed by atoms with van der Waals surface area (Å²) in [5.41, 5.74) is 1.64. The first-order chi connectivity index (χ1) is 10.1. The number of hydrogen-bond donors (Lipinski definition) is 2. The Morgan fingerprint density at radius 1 is 1.29 bits per heavy atom. The highest BCUT2D eigenvalue weighted by Crippen LogP contribution is 2.39. The van der Waals surface area contributed by atoms with E-state index in [2.05, 4.69) is 10.4 Å². The molecule has 6 heteroatoms. The molecule has 1 fully saturated rings. The van der Waals surface area contributed by atoms with Gasteiger partial charge in [0.2, 0.25) is 5.91 Å². The molecule has 0 spiro atoms. The zero-order valence-electron chi connectivity index (χ0n) is 11.3. The van der Waals surface area contributed by atoms with Crippen molar-refractivity contribution in [2.24, 2.45) is 11.8 Å². The van der Waals surface area contributed by atoms with Crippen LogP contribution in [0.5, 0.6) is 0 Å². The third kappa shape index (κ3) is 2.94. The van der Waals surface area contributed by atoms with Gasteiger partial charge in [0.1, 0.15) is 0 Å². The van der Waals surface area contributed by atoms with Gasteiger partial charge in [-0.3, -0.25) is 14.3 Å². The Morgan fingerprint density at radius 2 is 2.10 bits per heavy atom. The molecule has 1 heterocycles. The van der Waals surface area contributed by atoms with Crippen LogP contribution >= 0.6 is 0 Å². The summed E-state index contributed by atoms with van der Waals surface area (Å²) in [5, 5.41) is 15.8. The fraction of sp³-hybridized carbons (Fsp3) is 0.267. The summed E-state index contributed by atoms with van der Waals surface area (Å²) in [6, 6.07) is 9.30.